The van der Waals surface area contributed by atoms with Gasteiger partial charge in [0.15, 0.2) is 0 Å². The van der Waals surface area contributed by atoms with Crippen LogP contribution in [-0.2, 0) is 0 Å². The van der Waals surface area contributed by atoms with Crippen molar-refractivity contribution in [2.75, 3.05) is 0 Å². The van der Waals surface area contributed by atoms with Gasteiger partial charge in [0.05, 0.1) is 0 Å². The maximum atomic E-state index is 6.85. The van der Waals surface area contributed by atoms with Crippen molar-refractivity contribution in [2.45, 2.75) is 43.9 Å². The van der Waals surface area contributed by atoms with Crippen molar-refractivity contribution in [2.24, 2.45) is 11.8 Å². The predicted molar refractivity (Wildman–Crippen MR) is 110 cm³/mol. The van der Waals surface area contributed by atoms with Gasteiger partial charge >= 0.3 is 0 Å². The van der Waals surface area contributed by atoms with Crippen LogP contribution in [0.5, 0.6) is 0 Å². The van der Waals surface area contributed by atoms with Gasteiger partial charge in [0.25, 0.3) is 0 Å². The number of halogens is 1. The molecule has 0 aliphatic heterocycles. The molecule has 0 heterocycles. The minimum atomic E-state index is 0.633. The second kappa shape index (κ2) is 5.60. The van der Waals surface area contributed by atoms with Gasteiger partial charge in [-0.2, -0.15) is 0 Å². The van der Waals surface area contributed by atoms with E-state index in [1.807, 2.05) is 0 Å². The fourth-order valence-electron chi connectivity index (χ4n) is 6.44. The first-order valence-corrected chi connectivity index (χ1v) is 10.5. The fraction of sp³-hybridized carbons (Fsp3) is 0.360. The molecule has 3 aromatic rings. The van der Waals surface area contributed by atoms with Crippen molar-refractivity contribution < 1.29 is 0 Å². The van der Waals surface area contributed by atoms with Crippen LogP contribution in [0.15, 0.2) is 54.6 Å². The summed E-state index contributed by atoms with van der Waals surface area (Å²) in [5.41, 5.74) is 5.88. The van der Waals surface area contributed by atoms with Gasteiger partial charge in [0.1, 0.15) is 0 Å². The van der Waals surface area contributed by atoms with Gasteiger partial charge < -0.3 is 0 Å². The minimum absolute atomic E-state index is 0.633. The summed E-state index contributed by atoms with van der Waals surface area (Å²) in [6.45, 7) is 0. The van der Waals surface area contributed by atoms with Crippen LogP contribution in [0.3, 0.4) is 0 Å². The quantitative estimate of drug-likeness (QED) is 0.389. The Morgan fingerprint density at radius 2 is 1.46 bits per heavy atom. The van der Waals surface area contributed by atoms with Gasteiger partial charge in [-0.1, -0.05) is 60.1 Å². The zero-order valence-electron chi connectivity index (χ0n) is 14.9. The Bertz CT molecular complexity index is 1000. The van der Waals surface area contributed by atoms with E-state index in [1.165, 1.54) is 59.6 Å². The Morgan fingerprint density at radius 1 is 0.692 bits per heavy atom. The monoisotopic (exact) mass is 358 g/mol. The second-order valence-corrected chi connectivity index (χ2v) is 9.16. The smallest absolute Gasteiger partial charge is 0.0447 e. The Kier molecular flexibility index (Phi) is 3.29. The molecule has 2 fully saturated rings. The highest BCUT2D eigenvalue weighted by Crippen LogP contribution is 2.57. The van der Waals surface area contributed by atoms with Crippen LogP contribution in [-0.4, -0.2) is 0 Å². The molecule has 0 amide bonds. The van der Waals surface area contributed by atoms with Crippen LogP contribution in [0.4, 0.5) is 0 Å². The first kappa shape index (κ1) is 15.3. The fourth-order valence-corrected chi connectivity index (χ4v) is 6.77. The van der Waals surface area contributed by atoms with E-state index in [0.717, 1.165) is 16.9 Å². The van der Waals surface area contributed by atoms with Crippen LogP contribution >= 0.6 is 11.6 Å². The summed E-state index contributed by atoms with van der Waals surface area (Å²) in [5.74, 6) is 3.09. The molecular formula is C25H23Cl. The van der Waals surface area contributed by atoms with Crippen molar-refractivity contribution in [3.05, 3.63) is 70.7 Å². The van der Waals surface area contributed by atoms with E-state index in [2.05, 4.69) is 54.6 Å². The summed E-state index contributed by atoms with van der Waals surface area (Å²) in [7, 11) is 0. The lowest BCUT2D eigenvalue weighted by atomic mass is 9.63. The van der Waals surface area contributed by atoms with Gasteiger partial charge in [0, 0.05) is 5.02 Å². The van der Waals surface area contributed by atoms with E-state index in [0.29, 0.717) is 11.8 Å². The van der Waals surface area contributed by atoms with Crippen molar-refractivity contribution in [3.63, 3.8) is 0 Å². The second-order valence-electron chi connectivity index (χ2n) is 8.76. The van der Waals surface area contributed by atoms with Crippen LogP contribution < -0.4 is 0 Å². The van der Waals surface area contributed by atoms with Gasteiger partial charge in [-0.25, -0.2) is 0 Å². The Balaban J connectivity index is 1.76. The molecule has 0 spiro atoms. The molecule has 0 aromatic heterocycles. The van der Waals surface area contributed by atoms with Gasteiger partial charge in [0.2, 0.25) is 0 Å². The average molecular weight is 359 g/mol. The third-order valence-electron chi connectivity index (χ3n) is 7.27. The van der Waals surface area contributed by atoms with E-state index in [1.54, 1.807) is 5.56 Å². The molecule has 4 bridgehead atoms. The molecule has 1 heteroatoms. The maximum Gasteiger partial charge on any atom is 0.0447 e. The topological polar surface area (TPSA) is 0 Å². The van der Waals surface area contributed by atoms with Crippen LogP contribution in [0.1, 0.15) is 55.1 Å². The molecule has 0 nitrogen and oxygen atoms in total. The van der Waals surface area contributed by atoms with E-state index < -0.39 is 0 Å². The molecule has 4 aliphatic carbocycles. The number of benzene rings is 3. The Hall–Kier alpha value is -1.79. The third-order valence-corrected chi connectivity index (χ3v) is 7.60. The maximum absolute atomic E-state index is 6.85. The summed E-state index contributed by atoms with van der Waals surface area (Å²) in [5, 5.41) is 3.72. The SMILES string of the molecule is Clc1cccc2c1C1CC3CC(CC(C3)c3ccc4ccccc4c3-2)C1. The molecule has 7 rings (SSSR count). The minimum Gasteiger partial charge on any atom is -0.0840 e. The van der Waals surface area contributed by atoms with E-state index in [9.17, 15) is 0 Å². The lowest BCUT2D eigenvalue weighted by Gasteiger charge is -2.42. The zero-order valence-corrected chi connectivity index (χ0v) is 15.7. The Labute approximate surface area is 160 Å². The highest BCUT2D eigenvalue weighted by atomic mass is 35.5. The lowest BCUT2D eigenvalue weighted by molar-refractivity contribution is 0.153. The number of fused-ring (bicyclic) bond motifs is 1. The molecule has 4 aliphatic rings. The third kappa shape index (κ3) is 2.15. The molecule has 2 unspecified atom stereocenters. The molecule has 2 atom stereocenters. The summed E-state index contributed by atoms with van der Waals surface area (Å²) >= 11 is 6.85. The van der Waals surface area contributed by atoms with E-state index in [-0.39, 0.29) is 0 Å². The molecule has 3 aromatic carbocycles. The number of hydrogen-bond acceptors (Lipinski definition) is 0. The molecule has 130 valence electrons. The van der Waals surface area contributed by atoms with Crippen LogP contribution in [0, 0.1) is 11.8 Å². The summed E-state index contributed by atoms with van der Waals surface area (Å²) < 4.78 is 0. The number of hydrogen-bond donors (Lipinski definition) is 0. The standard InChI is InChI=1S/C25H23Cl/c26-23-7-3-6-22-24(23)19-13-15-10-16(14-19)12-18(11-15)21-9-8-17-4-1-2-5-20(17)25(21)22/h1-9,15-16,18-19H,10-14H2. The lowest BCUT2D eigenvalue weighted by Crippen LogP contribution is -2.29. The highest BCUT2D eigenvalue weighted by Gasteiger charge is 2.40. The molecule has 2 saturated carbocycles. The highest BCUT2D eigenvalue weighted by molar-refractivity contribution is 6.32. The normalized spacial score (nSPS) is 29.0. The van der Waals surface area contributed by atoms with Gasteiger partial charge in [-0.3, -0.25) is 0 Å². The summed E-state index contributed by atoms with van der Waals surface area (Å²) in [4.78, 5) is 0. The van der Waals surface area contributed by atoms with Crippen molar-refractivity contribution in [3.8, 4) is 11.1 Å². The molecule has 0 saturated heterocycles. The largest absolute Gasteiger partial charge is 0.0840 e. The first-order chi connectivity index (χ1) is 12.8. The van der Waals surface area contributed by atoms with Crippen molar-refractivity contribution >= 4 is 22.4 Å². The Morgan fingerprint density at radius 3 is 2.31 bits per heavy atom. The average Bonchev–Trinajstić information content (AvgIpc) is 2.71. The molecule has 0 N–H and O–H groups in total. The summed E-state index contributed by atoms with van der Waals surface area (Å²) in [6, 6.07) is 20.2. The molecule has 0 radical (unpaired) electrons. The first-order valence-electron chi connectivity index (χ1n) is 10.1. The van der Waals surface area contributed by atoms with E-state index >= 15 is 0 Å². The van der Waals surface area contributed by atoms with Crippen molar-refractivity contribution in [1.82, 2.24) is 0 Å². The van der Waals surface area contributed by atoms with Crippen LogP contribution in [0.2, 0.25) is 5.02 Å². The summed E-state index contributed by atoms with van der Waals surface area (Å²) in [6.07, 6.45) is 6.83. The zero-order chi connectivity index (χ0) is 17.3. The van der Waals surface area contributed by atoms with Gasteiger partial charge in [-0.05, 0) is 94.9 Å². The number of rotatable bonds is 0. The van der Waals surface area contributed by atoms with Crippen molar-refractivity contribution in [1.29, 1.82) is 0 Å². The molecule has 26 heavy (non-hydrogen) atoms. The van der Waals surface area contributed by atoms with Crippen LogP contribution in [0.25, 0.3) is 21.9 Å². The van der Waals surface area contributed by atoms with E-state index in [4.69, 9.17) is 11.6 Å². The molecular weight excluding hydrogens is 336 g/mol. The van der Waals surface area contributed by atoms with Gasteiger partial charge in [-0.15, -0.1) is 0 Å². The predicted octanol–water partition coefficient (Wildman–Crippen LogP) is 7.55.